The smallest absolute Gasteiger partial charge is 0.259 e. The summed E-state index contributed by atoms with van der Waals surface area (Å²) in [5.74, 6) is -0.638. The molecule has 1 aromatic carbocycles. The molecule has 22 heavy (non-hydrogen) atoms. The van der Waals surface area contributed by atoms with Crippen LogP contribution in [-0.2, 0) is 0 Å². The molecule has 1 aliphatic rings. The average Bonchev–Trinajstić information content (AvgIpc) is 2.95. The second kappa shape index (κ2) is 7.40. The molecule has 1 atom stereocenters. The Morgan fingerprint density at radius 3 is 2.86 bits per heavy atom. The van der Waals surface area contributed by atoms with Crippen LogP contribution in [0, 0.1) is 0 Å². The molecular weight excluding hydrogens is 326 g/mol. The Labute approximate surface area is 140 Å². The first kappa shape index (κ1) is 17.2. The predicted molar refractivity (Wildman–Crippen MR) is 87.3 cm³/mol. The van der Waals surface area contributed by atoms with Gasteiger partial charge >= 0.3 is 0 Å². The Bertz CT molecular complexity index is 566. The minimum Gasteiger partial charge on any atom is -0.505 e. The molecule has 0 bridgehead atoms. The molecule has 122 valence electrons. The molecule has 2 rings (SSSR count). The van der Waals surface area contributed by atoms with Gasteiger partial charge in [0.05, 0.1) is 17.2 Å². The summed E-state index contributed by atoms with van der Waals surface area (Å²) >= 11 is 11.9. The fourth-order valence-electron chi connectivity index (χ4n) is 2.84. The monoisotopic (exact) mass is 345 g/mol. The Morgan fingerprint density at radius 2 is 2.23 bits per heavy atom. The minimum absolute atomic E-state index is 0.0204. The lowest BCUT2D eigenvalue weighted by molar-refractivity contribution is 0.0935. The number of methoxy groups -OCH3 is 1. The van der Waals surface area contributed by atoms with E-state index in [1.807, 2.05) is 0 Å². The number of likely N-dealkylation sites (N-methyl/N-ethyl adjacent to an activating group) is 1. The van der Waals surface area contributed by atoms with E-state index in [4.69, 9.17) is 27.9 Å². The van der Waals surface area contributed by atoms with Crippen molar-refractivity contribution in [1.82, 2.24) is 10.2 Å². The van der Waals surface area contributed by atoms with E-state index in [9.17, 15) is 9.90 Å². The second-order valence-corrected chi connectivity index (χ2v) is 6.05. The first-order valence-electron chi connectivity index (χ1n) is 7.26. The number of halogens is 2. The second-order valence-electron chi connectivity index (χ2n) is 5.23. The van der Waals surface area contributed by atoms with Crippen molar-refractivity contribution in [2.45, 2.75) is 25.8 Å². The number of ether oxygens (including phenoxy) is 1. The van der Waals surface area contributed by atoms with E-state index in [0.29, 0.717) is 12.6 Å². The van der Waals surface area contributed by atoms with Crippen molar-refractivity contribution in [2.24, 2.45) is 0 Å². The van der Waals surface area contributed by atoms with E-state index in [1.165, 1.54) is 13.2 Å². The number of likely N-dealkylation sites (tertiary alicyclic amines) is 1. The van der Waals surface area contributed by atoms with Crippen LogP contribution in [-0.4, -0.2) is 48.7 Å². The normalized spacial score (nSPS) is 18.5. The number of phenolic OH excluding ortho intramolecular Hbond substituents is 1. The number of aromatic hydroxyl groups is 1. The lowest BCUT2D eigenvalue weighted by Crippen LogP contribution is -2.40. The van der Waals surface area contributed by atoms with Gasteiger partial charge in [-0.3, -0.25) is 9.69 Å². The summed E-state index contributed by atoms with van der Waals surface area (Å²) in [6, 6.07) is 1.67. The van der Waals surface area contributed by atoms with Gasteiger partial charge in [-0.15, -0.1) is 0 Å². The lowest BCUT2D eigenvalue weighted by atomic mass is 10.1. The molecule has 1 saturated heterocycles. The van der Waals surface area contributed by atoms with E-state index in [1.54, 1.807) is 0 Å². The van der Waals surface area contributed by atoms with Crippen LogP contribution >= 0.6 is 23.2 Å². The first-order valence-corrected chi connectivity index (χ1v) is 8.02. The Hall–Kier alpha value is -1.17. The molecule has 0 aromatic heterocycles. The first-order chi connectivity index (χ1) is 10.5. The lowest BCUT2D eigenvalue weighted by Gasteiger charge is -2.23. The van der Waals surface area contributed by atoms with Gasteiger partial charge < -0.3 is 15.2 Å². The van der Waals surface area contributed by atoms with Crippen molar-refractivity contribution in [3.05, 3.63) is 21.7 Å². The molecule has 7 heteroatoms. The van der Waals surface area contributed by atoms with Crippen LogP contribution < -0.4 is 10.1 Å². The zero-order chi connectivity index (χ0) is 16.3. The topological polar surface area (TPSA) is 61.8 Å². The molecular formula is C15H20Cl2N2O3. The highest BCUT2D eigenvalue weighted by Gasteiger charge is 2.26. The average molecular weight is 346 g/mol. The van der Waals surface area contributed by atoms with Gasteiger partial charge in [0.25, 0.3) is 5.91 Å². The van der Waals surface area contributed by atoms with Gasteiger partial charge in [0.1, 0.15) is 5.56 Å². The maximum Gasteiger partial charge on any atom is 0.259 e. The molecule has 1 unspecified atom stereocenters. The summed E-state index contributed by atoms with van der Waals surface area (Å²) < 4.78 is 5.13. The molecule has 0 radical (unpaired) electrons. The number of hydrogen-bond acceptors (Lipinski definition) is 4. The molecule has 0 spiro atoms. The summed E-state index contributed by atoms with van der Waals surface area (Å²) in [5.41, 5.74) is -0.0268. The molecule has 1 fully saturated rings. The Morgan fingerprint density at radius 1 is 1.50 bits per heavy atom. The fourth-order valence-corrected chi connectivity index (χ4v) is 3.38. The van der Waals surface area contributed by atoms with Crippen molar-refractivity contribution in [2.75, 3.05) is 26.7 Å². The summed E-state index contributed by atoms with van der Waals surface area (Å²) in [5, 5.41) is 13.1. The maximum absolute atomic E-state index is 12.4. The van der Waals surface area contributed by atoms with Crippen LogP contribution in [0.1, 0.15) is 30.1 Å². The van der Waals surface area contributed by atoms with Crippen molar-refractivity contribution >= 4 is 29.1 Å². The van der Waals surface area contributed by atoms with E-state index in [0.717, 1.165) is 25.9 Å². The molecule has 1 heterocycles. The van der Waals surface area contributed by atoms with E-state index >= 15 is 0 Å². The van der Waals surface area contributed by atoms with Gasteiger partial charge in [-0.1, -0.05) is 30.1 Å². The van der Waals surface area contributed by atoms with Crippen molar-refractivity contribution in [1.29, 1.82) is 0 Å². The number of phenols is 1. The zero-order valence-electron chi connectivity index (χ0n) is 12.7. The van der Waals surface area contributed by atoms with Crippen LogP contribution in [0.5, 0.6) is 11.5 Å². The third-order valence-corrected chi connectivity index (χ3v) is 4.56. The molecule has 1 aromatic rings. The van der Waals surface area contributed by atoms with Crippen LogP contribution in [0.4, 0.5) is 0 Å². The van der Waals surface area contributed by atoms with Gasteiger partial charge in [0, 0.05) is 12.6 Å². The third-order valence-electron chi connectivity index (χ3n) is 4.00. The number of nitrogens with one attached hydrogen (secondary N) is 1. The maximum atomic E-state index is 12.4. The van der Waals surface area contributed by atoms with Gasteiger partial charge in [-0.25, -0.2) is 0 Å². The minimum atomic E-state index is -0.443. The quantitative estimate of drug-likeness (QED) is 0.861. The molecule has 1 aliphatic heterocycles. The molecule has 1 amide bonds. The third kappa shape index (κ3) is 3.42. The van der Waals surface area contributed by atoms with Crippen LogP contribution in [0.15, 0.2) is 6.07 Å². The summed E-state index contributed by atoms with van der Waals surface area (Å²) in [7, 11) is 1.39. The van der Waals surface area contributed by atoms with Gasteiger partial charge in [0.2, 0.25) is 0 Å². The SMILES string of the molecule is CCN1CCCC1CNC(=O)c1c(O)c(Cl)cc(Cl)c1O[11CH3]. The van der Waals surface area contributed by atoms with Crippen molar-refractivity contribution in [3.8, 4) is 11.5 Å². The highest BCUT2D eigenvalue weighted by Crippen LogP contribution is 2.40. The molecule has 2 N–H and O–H groups in total. The van der Waals surface area contributed by atoms with E-state index in [-0.39, 0.29) is 27.1 Å². The predicted octanol–water partition coefficient (Wildman–Crippen LogP) is 2.92. The number of nitrogens with zero attached hydrogens (tertiary/aromatic N) is 1. The van der Waals surface area contributed by atoms with Crippen LogP contribution in [0.2, 0.25) is 10.0 Å². The van der Waals surface area contributed by atoms with Crippen molar-refractivity contribution in [3.63, 3.8) is 0 Å². The van der Waals surface area contributed by atoms with Gasteiger partial charge in [-0.2, -0.15) is 0 Å². The highest BCUT2D eigenvalue weighted by molar-refractivity contribution is 6.37. The molecule has 0 saturated carbocycles. The largest absolute Gasteiger partial charge is 0.505 e. The Balaban J connectivity index is 2.16. The van der Waals surface area contributed by atoms with Gasteiger partial charge in [0.15, 0.2) is 11.5 Å². The molecule has 5 nitrogen and oxygen atoms in total. The standard InChI is InChI=1S/C15H20Cl2N2O3/c1-3-19-6-4-5-9(19)8-18-15(21)12-13(20)10(16)7-11(17)14(12)22-2/h7,9,20H,3-6,8H2,1-2H3,(H,18,21)/i2-1. The van der Waals surface area contributed by atoms with Gasteiger partial charge in [-0.05, 0) is 32.0 Å². The fraction of sp³-hybridized carbons (Fsp3) is 0.533. The highest BCUT2D eigenvalue weighted by atomic mass is 35.5. The van der Waals surface area contributed by atoms with E-state index in [2.05, 4.69) is 17.1 Å². The number of amides is 1. The Kier molecular flexibility index (Phi) is 5.78. The summed E-state index contributed by atoms with van der Waals surface area (Å²) in [6.07, 6.45) is 2.18. The van der Waals surface area contributed by atoms with Crippen LogP contribution in [0.3, 0.4) is 0 Å². The van der Waals surface area contributed by atoms with Crippen LogP contribution in [0.25, 0.3) is 0 Å². The number of carbonyl (C=O) groups is 1. The zero-order valence-corrected chi connectivity index (χ0v) is 14.2. The van der Waals surface area contributed by atoms with E-state index < -0.39 is 5.91 Å². The number of carbonyl (C=O) groups excluding carboxylic acids is 1. The molecule has 0 aliphatic carbocycles. The number of rotatable bonds is 5. The summed E-state index contributed by atoms with van der Waals surface area (Å²) in [6.45, 7) is 4.62. The van der Waals surface area contributed by atoms with Crippen molar-refractivity contribution < 1.29 is 14.6 Å². The number of benzene rings is 1. The number of hydrogen-bond donors (Lipinski definition) is 2. The summed E-state index contributed by atoms with van der Waals surface area (Å²) in [4.78, 5) is 14.7.